The lowest BCUT2D eigenvalue weighted by Crippen LogP contribution is -2.39. The van der Waals surface area contributed by atoms with E-state index in [1.165, 1.54) is 6.07 Å². The Labute approximate surface area is 97.2 Å². The number of hydrogen-bond donors (Lipinski definition) is 2. The molecule has 1 heterocycles. The van der Waals surface area contributed by atoms with Gasteiger partial charge < -0.3 is 11.1 Å². The van der Waals surface area contributed by atoms with E-state index in [9.17, 15) is 14.9 Å². The van der Waals surface area contributed by atoms with Crippen molar-refractivity contribution in [3.8, 4) is 0 Å². The van der Waals surface area contributed by atoms with Gasteiger partial charge in [-0.2, -0.15) is 0 Å². The third-order valence-electron chi connectivity index (χ3n) is 2.79. The molecule has 0 unspecified atom stereocenters. The molecule has 0 aromatic carbocycles. The van der Waals surface area contributed by atoms with Crippen molar-refractivity contribution in [3.63, 3.8) is 0 Å². The summed E-state index contributed by atoms with van der Waals surface area (Å²) >= 11 is 0. The molecule has 7 nitrogen and oxygen atoms in total. The zero-order valence-corrected chi connectivity index (χ0v) is 9.05. The largest absolute Gasteiger partial charge is 0.384 e. The predicted octanol–water partition coefficient (Wildman–Crippen LogP) is 0.854. The number of amides is 1. The lowest BCUT2D eigenvalue weighted by atomic mass is 9.93. The monoisotopic (exact) mass is 236 g/mol. The van der Waals surface area contributed by atoms with E-state index < -0.39 is 10.8 Å². The smallest absolute Gasteiger partial charge is 0.300 e. The number of nitrogen functional groups attached to an aromatic ring is 1. The van der Waals surface area contributed by atoms with Gasteiger partial charge in [0.15, 0.2) is 0 Å². The first-order chi connectivity index (χ1) is 8.08. The fourth-order valence-corrected chi connectivity index (χ4v) is 1.61. The minimum absolute atomic E-state index is 0.0330. The first-order valence-electron chi connectivity index (χ1n) is 5.28. The van der Waals surface area contributed by atoms with Crippen LogP contribution in [0.3, 0.4) is 0 Å². The minimum atomic E-state index is -0.637. The second-order valence-electron chi connectivity index (χ2n) is 3.98. The van der Waals surface area contributed by atoms with Gasteiger partial charge in [0.05, 0.1) is 4.92 Å². The number of aromatic nitrogens is 1. The molecule has 90 valence electrons. The number of pyridine rings is 1. The highest BCUT2D eigenvalue weighted by Crippen LogP contribution is 2.22. The highest BCUT2D eigenvalue weighted by atomic mass is 16.6. The van der Waals surface area contributed by atoms with Crippen LogP contribution in [0.1, 0.15) is 29.6 Å². The Morgan fingerprint density at radius 3 is 2.82 bits per heavy atom. The molecule has 1 aliphatic rings. The zero-order chi connectivity index (χ0) is 12.4. The standard InChI is InChI=1S/C10H12N4O3/c11-9-4-7(8(5-12-9)14(16)17)10(15)13-6-2-1-3-6/h4-6H,1-3H2,(H2,11,12)(H,13,15). The van der Waals surface area contributed by atoms with Crippen LogP contribution >= 0.6 is 0 Å². The predicted molar refractivity (Wildman–Crippen MR) is 60.4 cm³/mol. The molecule has 3 N–H and O–H groups in total. The number of nitrogens with one attached hydrogen (secondary N) is 1. The third kappa shape index (κ3) is 2.32. The Kier molecular flexibility index (Phi) is 2.90. The molecular formula is C10H12N4O3. The zero-order valence-electron chi connectivity index (χ0n) is 9.05. The van der Waals surface area contributed by atoms with Gasteiger partial charge in [0.25, 0.3) is 11.6 Å². The summed E-state index contributed by atoms with van der Waals surface area (Å²) in [5.74, 6) is -0.371. The maximum Gasteiger partial charge on any atom is 0.300 e. The Bertz CT molecular complexity index is 471. The van der Waals surface area contributed by atoms with E-state index in [1.807, 2.05) is 0 Å². The molecular weight excluding hydrogens is 224 g/mol. The van der Waals surface area contributed by atoms with E-state index in [-0.39, 0.29) is 23.1 Å². The van der Waals surface area contributed by atoms with Crippen molar-refractivity contribution in [1.82, 2.24) is 10.3 Å². The maximum atomic E-state index is 11.8. The Balaban J connectivity index is 2.25. The van der Waals surface area contributed by atoms with Crippen molar-refractivity contribution in [3.05, 3.63) is 27.9 Å². The van der Waals surface area contributed by atoms with Crippen LogP contribution in [0.15, 0.2) is 12.3 Å². The molecule has 17 heavy (non-hydrogen) atoms. The molecule has 0 spiro atoms. The van der Waals surface area contributed by atoms with Crippen LogP contribution in [0.5, 0.6) is 0 Å². The first-order valence-corrected chi connectivity index (χ1v) is 5.28. The van der Waals surface area contributed by atoms with E-state index in [0.29, 0.717) is 0 Å². The van der Waals surface area contributed by atoms with Gasteiger partial charge in [0.1, 0.15) is 17.6 Å². The van der Waals surface area contributed by atoms with Crippen molar-refractivity contribution in [1.29, 1.82) is 0 Å². The molecule has 0 saturated heterocycles. The van der Waals surface area contributed by atoms with Crippen LogP contribution in [0.25, 0.3) is 0 Å². The Hall–Kier alpha value is -2.18. The summed E-state index contributed by atoms with van der Waals surface area (Å²) in [4.78, 5) is 25.6. The van der Waals surface area contributed by atoms with Crippen molar-refractivity contribution in [2.24, 2.45) is 0 Å². The van der Waals surface area contributed by atoms with Gasteiger partial charge >= 0.3 is 0 Å². The van der Waals surface area contributed by atoms with Gasteiger partial charge in [0, 0.05) is 6.04 Å². The van der Waals surface area contributed by atoms with Crippen molar-refractivity contribution >= 4 is 17.4 Å². The number of anilines is 1. The number of carbonyl (C=O) groups excluding carboxylic acids is 1. The Morgan fingerprint density at radius 2 is 2.29 bits per heavy atom. The summed E-state index contributed by atoms with van der Waals surface area (Å²) in [5, 5.41) is 13.5. The quantitative estimate of drug-likeness (QED) is 0.597. The van der Waals surface area contributed by atoms with E-state index in [4.69, 9.17) is 5.73 Å². The van der Waals surface area contributed by atoms with Crippen LogP contribution in [0, 0.1) is 10.1 Å². The van der Waals surface area contributed by atoms with Crippen LogP contribution in [-0.2, 0) is 0 Å². The number of nitrogens with zero attached hydrogens (tertiary/aromatic N) is 2. The highest BCUT2D eigenvalue weighted by molar-refractivity contribution is 5.98. The second kappa shape index (κ2) is 4.36. The number of rotatable bonds is 3. The van der Waals surface area contributed by atoms with Crippen molar-refractivity contribution < 1.29 is 9.72 Å². The van der Waals surface area contributed by atoms with Crippen LogP contribution in [0.4, 0.5) is 11.5 Å². The van der Waals surface area contributed by atoms with Crippen LogP contribution in [0.2, 0.25) is 0 Å². The number of nitro groups is 1. The number of hydrogen-bond acceptors (Lipinski definition) is 5. The summed E-state index contributed by atoms with van der Waals surface area (Å²) < 4.78 is 0. The Morgan fingerprint density at radius 1 is 1.59 bits per heavy atom. The molecule has 1 saturated carbocycles. The molecule has 7 heteroatoms. The molecule has 0 radical (unpaired) electrons. The maximum absolute atomic E-state index is 11.8. The average molecular weight is 236 g/mol. The van der Waals surface area contributed by atoms with Gasteiger partial charge in [-0.3, -0.25) is 14.9 Å². The normalized spacial score (nSPS) is 15.1. The summed E-state index contributed by atoms with van der Waals surface area (Å²) in [5.41, 5.74) is 5.07. The fraction of sp³-hybridized carbons (Fsp3) is 0.400. The van der Waals surface area contributed by atoms with Crippen LogP contribution < -0.4 is 11.1 Å². The molecule has 1 amide bonds. The summed E-state index contributed by atoms with van der Waals surface area (Å²) in [7, 11) is 0. The summed E-state index contributed by atoms with van der Waals surface area (Å²) in [6.07, 6.45) is 3.91. The lowest BCUT2D eigenvalue weighted by Gasteiger charge is -2.26. The molecule has 1 aromatic rings. The highest BCUT2D eigenvalue weighted by Gasteiger charge is 2.25. The molecule has 0 atom stereocenters. The number of carbonyl (C=O) groups is 1. The van der Waals surface area contributed by atoms with E-state index >= 15 is 0 Å². The first kappa shape index (κ1) is 11.3. The number of nitrogens with two attached hydrogens (primary N) is 1. The lowest BCUT2D eigenvalue weighted by molar-refractivity contribution is -0.385. The molecule has 2 rings (SSSR count). The van der Waals surface area contributed by atoms with E-state index in [0.717, 1.165) is 25.5 Å². The van der Waals surface area contributed by atoms with Crippen molar-refractivity contribution in [2.45, 2.75) is 25.3 Å². The van der Waals surface area contributed by atoms with Gasteiger partial charge in [-0.15, -0.1) is 0 Å². The van der Waals surface area contributed by atoms with E-state index in [2.05, 4.69) is 10.3 Å². The van der Waals surface area contributed by atoms with Gasteiger partial charge in [-0.25, -0.2) is 4.98 Å². The fourth-order valence-electron chi connectivity index (χ4n) is 1.61. The second-order valence-corrected chi connectivity index (χ2v) is 3.98. The third-order valence-corrected chi connectivity index (χ3v) is 2.79. The van der Waals surface area contributed by atoms with Gasteiger partial charge in [-0.1, -0.05) is 0 Å². The summed E-state index contributed by atoms with van der Waals surface area (Å²) in [6.45, 7) is 0. The van der Waals surface area contributed by atoms with Crippen LogP contribution in [-0.4, -0.2) is 21.9 Å². The van der Waals surface area contributed by atoms with Crippen molar-refractivity contribution in [2.75, 3.05) is 5.73 Å². The molecule has 0 bridgehead atoms. The van der Waals surface area contributed by atoms with Gasteiger partial charge in [0.2, 0.25) is 0 Å². The molecule has 1 aromatic heterocycles. The van der Waals surface area contributed by atoms with Gasteiger partial charge in [-0.05, 0) is 25.3 Å². The molecule has 0 aliphatic heterocycles. The molecule has 1 aliphatic carbocycles. The molecule has 1 fully saturated rings. The topological polar surface area (TPSA) is 111 Å². The van der Waals surface area contributed by atoms with E-state index in [1.54, 1.807) is 0 Å². The average Bonchev–Trinajstić information content (AvgIpc) is 2.22. The summed E-state index contributed by atoms with van der Waals surface area (Å²) in [6, 6.07) is 1.35. The SMILES string of the molecule is Nc1cc(C(=O)NC2CCC2)c([N+](=O)[O-])cn1. The minimum Gasteiger partial charge on any atom is -0.384 e.